The molecule has 4 rings (SSSR count). The monoisotopic (exact) mass is 433 g/mol. The van der Waals surface area contributed by atoms with Crippen LogP contribution >= 0.6 is 0 Å². The molecule has 0 aliphatic carbocycles. The van der Waals surface area contributed by atoms with E-state index in [1.807, 2.05) is 50.2 Å². The summed E-state index contributed by atoms with van der Waals surface area (Å²) in [6, 6.07) is 15.1. The number of carbonyl (C=O) groups is 1. The number of fused-ring (bicyclic) bond motifs is 1. The Morgan fingerprint density at radius 2 is 1.94 bits per heavy atom. The summed E-state index contributed by atoms with van der Waals surface area (Å²) in [5.41, 5.74) is 2.83. The number of benzene rings is 2. The van der Waals surface area contributed by atoms with E-state index >= 15 is 0 Å². The van der Waals surface area contributed by atoms with Crippen molar-refractivity contribution in [2.75, 3.05) is 6.61 Å². The number of para-hydroxylation sites is 1. The fraction of sp³-hybridized carbons (Fsp3) is 0.250. The van der Waals surface area contributed by atoms with Gasteiger partial charge in [0.05, 0.1) is 12.5 Å². The molecule has 0 fully saturated rings. The van der Waals surface area contributed by atoms with Crippen LogP contribution in [0.1, 0.15) is 26.3 Å². The van der Waals surface area contributed by atoms with E-state index in [4.69, 9.17) is 18.5 Å². The maximum absolute atomic E-state index is 12.0. The minimum absolute atomic E-state index is 0.0257. The lowest BCUT2D eigenvalue weighted by molar-refractivity contribution is -0.148. The summed E-state index contributed by atoms with van der Waals surface area (Å²) in [5.74, 6) is 0.322. The van der Waals surface area contributed by atoms with Gasteiger partial charge in [-0.3, -0.25) is 0 Å². The molecule has 0 aliphatic heterocycles. The predicted octanol–water partition coefficient (Wildman–Crippen LogP) is 4.87. The van der Waals surface area contributed by atoms with Crippen LogP contribution in [0.4, 0.5) is 0 Å². The molecule has 0 amide bonds. The van der Waals surface area contributed by atoms with Crippen molar-refractivity contribution in [1.82, 2.24) is 10.1 Å². The topological polar surface area (TPSA) is 100.0 Å². The van der Waals surface area contributed by atoms with Gasteiger partial charge in [-0.15, -0.1) is 0 Å². The number of aryl methyl sites for hydroxylation is 1. The summed E-state index contributed by atoms with van der Waals surface area (Å²) < 4.78 is 17.2. The van der Waals surface area contributed by atoms with Crippen LogP contribution in [0.25, 0.3) is 33.8 Å². The van der Waals surface area contributed by atoms with Crippen molar-refractivity contribution in [3.05, 3.63) is 59.6 Å². The number of hydrogen-bond acceptors (Lipinski definition) is 8. The van der Waals surface area contributed by atoms with Gasteiger partial charge >= 0.3 is 5.97 Å². The van der Waals surface area contributed by atoms with Crippen LogP contribution in [0.5, 0.6) is 5.75 Å². The van der Waals surface area contributed by atoms with Crippen molar-refractivity contribution in [2.45, 2.75) is 27.7 Å². The highest BCUT2D eigenvalue weighted by Gasteiger charge is 2.18. The highest BCUT2D eigenvalue weighted by Crippen LogP contribution is 2.28. The first-order chi connectivity index (χ1) is 15.5. The van der Waals surface area contributed by atoms with E-state index < -0.39 is 5.97 Å². The van der Waals surface area contributed by atoms with Crippen molar-refractivity contribution < 1.29 is 23.3 Å². The van der Waals surface area contributed by atoms with Crippen LogP contribution < -0.4 is 10.3 Å². The summed E-state index contributed by atoms with van der Waals surface area (Å²) in [5, 5.41) is 8.78. The highest BCUT2D eigenvalue weighted by molar-refractivity contribution is 5.85. The van der Waals surface area contributed by atoms with Crippen molar-refractivity contribution in [3.63, 3.8) is 0 Å². The number of ether oxygens (including phenoxy) is 1. The first kappa shape index (κ1) is 21.3. The molecule has 0 radical (unpaired) electrons. The smallest absolute Gasteiger partial charge is 0.337 e. The van der Waals surface area contributed by atoms with Crippen LogP contribution in [0.2, 0.25) is 0 Å². The molecular weight excluding hydrogens is 410 g/mol. The van der Waals surface area contributed by atoms with E-state index in [2.05, 4.69) is 15.3 Å². The van der Waals surface area contributed by atoms with Crippen LogP contribution in [-0.4, -0.2) is 22.7 Å². The van der Waals surface area contributed by atoms with Gasteiger partial charge in [0.2, 0.25) is 5.82 Å². The number of aromatic nitrogens is 2. The molecule has 0 atom stereocenters. The van der Waals surface area contributed by atoms with Crippen LogP contribution in [0, 0.1) is 12.8 Å². The van der Waals surface area contributed by atoms with Crippen molar-refractivity contribution in [3.8, 4) is 28.6 Å². The molecule has 0 saturated heterocycles. The summed E-state index contributed by atoms with van der Waals surface area (Å²) in [6.07, 6.45) is 0. The van der Waals surface area contributed by atoms with E-state index in [0.717, 1.165) is 16.5 Å². The normalized spacial score (nSPS) is 11.8. The third kappa shape index (κ3) is 4.39. The van der Waals surface area contributed by atoms with E-state index in [0.29, 0.717) is 29.3 Å². The number of hydrogen-bond donors (Lipinski definition) is 0. The zero-order valence-corrected chi connectivity index (χ0v) is 18.3. The van der Waals surface area contributed by atoms with Gasteiger partial charge in [0.1, 0.15) is 5.56 Å². The molecule has 0 saturated carbocycles. The Hall–Kier alpha value is -3.94. The van der Waals surface area contributed by atoms with Crippen molar-refractivity contribution in [1.29, 1.82) is 0 Å². The molecule has 8 nitrogen and oxygen atoms in total. The van der Waals surface area contributed by atoms with Gasteiger partial charge in [0.15, 0.2) is 11.3 Å². The number of nitrogens with zero attached hydrogens (tertiary/aromatic N) is 3. The predicted molar refractivity (Wildman–Crippen MR) is 117 cm³/mol. The first-order valence-electron chi connectivity index (χ1n) is 10.3. The van der Waals surface area contributed by atoms with Gasteiger partial charge in [-0.2, -0.15) is 4.98 Å². The summed E-state index contributed by atoms with van der Waals surface area (Å²) in [4.78, 5) is 21.5. The second kappa shape index (κ2) is 9.05. The Kier molecular flexibility index (Phi) is 6.02. The minimum atomic E-state index is -0.491. The fourth-order valence-electron chi connectivity index (χ4n) is 2.96. The lowest BCUT2D eigenvalue weighted by atomic mass is 10.1. The van der Waals surface area contributed by atoms with Crippen molar-refractivity contribution >= 4 is 16.9 Å². The number of rotatable bonds is 6. The molecule has 2 aromatic heterocycles. The molecule has 8 heteroatoms. The standard InChI is InChI=1S/C24H23N3O5/c1-5-29-19-8-6-7-17-13-18(23(30-20(17)19)27-32-24(28)14(2)3)22-25-21(26-31-22)16-11-9-15(4)10-12-16/h6-14H,5H2,1-4H3/b27-23+. The fourth-order valence-corrected chi connectivity index (χ4v) is 2.96. The largest absolute Gasteiger partial charge is 0.490 e. The molecule has 32 heavy (non-hydrogen) atoms. The first-order valence-corrected chi connectivity index (χ1v) is 10.3. The molecule has 2 aromatic carbocycles. The molecular formula is C24H23N3O5. The lowest BCUT2D eigenvalue weighted by Gasteiger charge is -2.07. The van der Waals surface area contributed by atoms with Gasteiger partial charge in [-0.1, -0.05) is 61.0 Å². The molecule has 2 heterocycles. The number of carbonyl (C=O) groups excluding carboxylic acids is 1. The molecule has 0 aliphatic rings. The molecule has 0 spiro atoms. The Morgan fingerprint density at radius 1 is 1.16 bits per heavy atom. The Bertz CT molecular complexity index is 1320. The van der Waals surface area contributed by atoms with Gasteiger partial charge < -0.3 is 18.5 Å². The SMILES string of the molecule is CCOc1cccc2cc(-c3nc(-c4ccc(C)cc4)no3)/c(=N\OC(=O)C(C)C)oc12. The van der Waals surface area contributed by atoms with Gasteiger partial charge in [0.25, 0.3) is 11.4 Å². The van der Waals surface area contributed by atoms with Crippen LogP contribution in [0.15, 0.2) is 62.6 Å². The Morgan fingerprint density at radius 3 is 2.66 bits per heavy atom. The average Bonchev–Trinajstić information content (AvgIpc) is 3.28. The lowest BCUT2D eigenvalue weighted by Crippen LogP contribution is -2.13. The summed E-state index contributed by atoms with van der Waals surface area (Å²) in [6.45, 7) is 7.79. The Labute approximate surface area is 184 Å². The third-order valence-corrected chi connectivity index (χ3v) is 4.69. The maximum atomic E-state index is 12.0. The maximum Gasteiger partial charge on any atom is 0.337 e. The zero-order valence-electron chi connectivity index (χ0n) is 18.3. The highest BCUT2D eigenvalue weighted by atomic mass is 16.7. The second-order valence-corrected chi connectivity index (χ2v) is 7.52. The zero-order chi connectivity index (χ0) is 22.7. The van der Waals surface area contributed by atoms with Gasteiger partial charge in [-0.25, -0.2) is 4.79 Å². The van der Waals surface area contributed by atoms with E-state index in [9.17, 15) is 4.79 Å². The van der Waals surface area contributed by atoms with E-state index in [1.54, 1.807) is 26.0 Å². The third-order valence-electron chi connectivity index (χ3n) is 4.69. The summed E-state index contributed by atoms with van der Waals surface area (Å²) in [7, 11) is 0. The molecule has 0 bridgehead atoms. The van der Waals surface area contributed by atoms with Crippen LogP contribution in [0.3, 0.4) is 0 Å². The molecule has 0 N–H and O–H groups in total. The van der Waals surface area contributed by atoms with Gasteiger partial charge in [0, 0.05) is 10.9 Å². The summed E-state index contributed by atoms with van der Waals surface area (Å²) >= 11 is 0. The molecule has 164 valence electrons. The quantitative estimate of drug-likeness (QED) is 0.316. The minimum Gasteiger partial charge on any atom is -0.490 e. The molecule has 4 aromatic rings. The molecule has 0 unspecified atom stereocenters. The van der Waals surface area contributed by atoms with E-state index in [-0.39, 0.29) is 17.4 Å². The average molecular weight is 433 g/mol. The Balaban J connectivity index is 1.85. The van der Waals surface area contributed by atoms with Gasteiger partial charge in [-0.05, 0) is 31.1 Å². The van der Waals surface area contributed by atoms with Crippen molar-refractivity contribution in [2.24, 2.45) is 11.1 Å². The van der Waals surface area contributed by atoms with E-state index in [1.165, 1.54) is 0 Å². The van der Waals surface area contributed by atoms with Crippen LogP contribution in [-0.2, 0) is 9.63 Å². The second-order valence-electron chi connectivity index (χ2n) is 7.52.